The molecule has 2 aliphatic heterocycles. The number of aliphatic hydroxyl groups is 1. The van der Waals surface area contributed by atoms with Crippen LogP contribution in [-0.4, -0.2) is 46.3 Å². The molecule has 0 bridgehead atoms. The maximum atomic E-state index is 13.2. The van der Waals surface area contributed by atoms with Gasteiger partial charge in [0.15, 0.2) is 0 Å². The van der Waals surface area contributed by atoms with Gasteiger partial charge in [0.1, 0.15) is 0 Å². The normalized spacial score (nSPS) is 22.3. The Labute approximate surface area is 186 Å². The first-order chi connectivity index (χ1) is 15.2. The Kier molecular flexibility index (Phi) is 5.36. The fourth-order valence-electron chi connectivity index (χ4n) is 4.85. The summed E-state index contributed by atoms with van der Waals surface area (Å²) < 4.78 is 0. The van der Waals surface area contributed by atoms with Crippen LogP contribution in [0.1, 0.15) is 17.0 Å². The van der Waals surface area contributed by atoms with Crippen LogP contribution in [0, 0.1) is 0 Å². The fourth-order valence-corrected chi connectivity index (χ4v) is 5.04. The predicted molar refractivity (Wildman–Crippen MR) is 121 cm³/mol. The highest BCUT2D eigenvalue weighted by atomic mass is 35.5. The third-order valence-electron chi connectivity index (χ3n) is 6.23. The van der Waals surface area contributed by atoms with Gasteiger partial charge >= 0.3 is 6.03 Å². The number of carbonyl (C=O) groups is 1. The number of nitrogens with zero attached hydrogens (tertiary/aromatic N) is 3. The third-order valence-corrected chi connectivity index (χ3v) is 6.47. The van der Waals surface area contributed by atoms with Crippen molar-refractivity contribution in [3.05, 3.63) is 89.2 Å². The van der Waals surface area contributed by atoms with Crippen LogP contribution in [0.25, 0.3) is 0 Å². The maximum absolute atomic E-state index is 13.2. The van der Waals surface area contributed by atoms with Crippen LogP contribution in [0.2, 0.25) is 5.02 Å². The molecule has 2 aliphatic rings. The second-order valence-corrected chi connectivity index (χ2v) is 8.42. The van der Waals surface area contributed by atoms with E-state index in [9.17, 15) is 9.90 Å². The number of nitrogens with one attached hydrogen (secondary N) is 1. The van der Waals surface area contributed by atoms with Gasteiger partial charge in [0.25, 0.3) is 0 Å². The molecular weight excluding hydrogens is 412 g/mol. The molecule has 0 spiro atoms. The van der Waals surface area contributed by atoms with Gasteiger partial charge < -0.3 is 10.4 Å². The number of urea groups is 1. The number of carbonyl (C=O) groups excluding carboxylic acids is 1. The number of rotatable bonds is 4. The molecule has 5 rings (SSSR count). The van der Waals surface area contributed by atoms with Crippen molar-refractivity contribution in [2.75, 3.05) is 23.4 Å². The number of aromatic nitrogens is 1. The number of anilines is 2. The Morgan fingerprint density at radius 2 is 2.03 bits per heavy atom. The molecule has 1 fully saturated rings. The number of aliphatic hydroxyl groups excluding tert-OH is 1. The van der Waals surface area contributed by atoms with Crippen LogP contribution in [0.4, 0.5) is 16.2 Å². The first-order valence-corrected chi connectivity index (χ1v) is 10.7. The quantitative estimate of drug-likeness (QED) is 0.648. The van der Waals surface area contributed by atoms with Crippen molar-refractivity contribution in [1.29, 1.82) is 0 Å². The molecular formula is C24H23ClN4O2. The fraction of sp³-hybridized carbons (Fsp3) is 0.250. The Morgan fingerprint density at radius 1 is 1.16 bits per heavy atom. The molecule has 2 aromatic carbocycles. The van der Waals surface area contributed by atoms with Gasteiger partial charge in [0.05, 0.1) is 6.61 Å². The molecule has 3 atom stereocenters. The van der Waals surface area contributed by atoms with Crippen molar-refractivity contribution < 1.29 is 9.90 Å². The molecule has 31 heavy (non-hydrogen) atoms. The second kappa shape index (κ2) is 8.30. The summed E-state index contributed by atoms with van der Waals surface area (Å²) in [6.45, 7) is 1.31. The summed E-state index contributed by atoms with van der Waals surface area (Å²) in [5.74, 6) is 0.188. The van der Waals surface area contributed by atoms with E-state index in [0.29, 0.717) is 23.8 Å². The van der Waals surface area contributed by atoms with Crippen LogP contribution in [0.5, 0.6) is 0 Å². The number of pyridine rings is 1. The number of hydrogen-bond acceptors (Lipinski definition) is 4. The van der Waals surface area contributed by atoms with Crippen molar-refractivity contribution in [3.63, 3.8) is 0 Å². The van der Waals surface area contributed by atoms with Crippen molar-refractivity contribution in [3.8, 4) is 0 Å². The zero-order chi connectivity index (χ0) is 21.4. The largest absolute Gasteiger partial charge is 0.395 e. The molecule has 7 heteroatoms. The van der Waals surface area contributed by atoms with E-state index in [-0.39, 0.29) is 30.6 Å². The van der Waals surface area contributed by atoms with Gasteiger partial charge in [0, 0.05) is 59.9 Å². The second-order valence-electron chi connectivity index (χ2n) is 7.99. The SMILES string of the molecule is O=C(Nc1cccc(Cl)c1)N1C[C@H]2[C@@H](c3ccccc31)[C@H](CO)N2Cc1cccnc1. The molecule has 2 N–H and O–H groups in total. The number of fused-ring (bicyclic) bond motifs is 3. The van der Waals surface area contributed by atoms with Crippen molar-refractivity contribution in [1.82, 2.24) is 9.88 Å². The van der Waals surface area contributed by atoms with Gasteiger partial charge in [-0.05, 0) is 41.5 Å². The first-order valence-electron chi connectivity index (χ1n) is 10.3. The summed E-state index contributed by atoms with van der Waals surface area (Å²) in [6.07, 6.45) is 3.60. The van der Waals surface area contributed by atoms with Crippen molar-refractivity contribution >= 4 is 29.0 Å². The highest BCUT2D eigenvalue weighted by Crippen LogP contribution is 2.48. The molecule has 3 aromatic rings. The number of hydrogen-bond donors (Lipinski definition) is 2. The lowest BCUT2D eigenvalue weighted by atomic mass is 9.72. The zero-order valence-electron chi connectivity index (χ0n) is 16.9. The molecule has 2 amide bonds. The van der Waals surface area contributed by atoms with Crippen molar-refractivity contribution in [2.45, 2.75) is 24.5 Å². The lowest BCUT2D eigenvalue weighted by Gasteiger charge is -2.59. The van der Waals surface area contributed by atoms with E-state index in [2.05, 4.69) is 21.3 Å². The Morgan fingerprint density at radius 3 is 2.81 bits per heavy atom. The van der Waals surface area contributed by atoms with Crippen LogP contribution in [0.3, 0.4) is 0 Å². The molecule has 0 unspecified atom stereocenters. The standard InChI is InChI=1S/C24H23ClN4O2/c25-17-6-3-7-18(11-17)27-24(31)29-14-21-23(19-8-1-2-9-20(19)29)22(15-30)28(21)13-16-5-4-10-26-12-16/h1-12,21-23,30H,13-15H2,(H,27,31)/t21-,22-,23+/m0/s1. The molecule has 1 saturated heterocycles. The number of amides is 2. The van der Waals surface area contributed by atoms with E-state index in [1.807, 2.05) is 48.7 Å². The minimum absolute atomic E-state index is 0.0181. The average molecular weight is 435 g/mol. The molecule has 1 aromatic heterocycles. The van der Waals surface area contributed by atoms with Crippen LogP contribution >= 0.6 is 11.6 Å². The van der Waals surface area contributed by atoms with E-state index in [1.165, 1.54) is 0 Å². The minimum atomic E-state index is -0.193. The molecule has 3 heterocycles. The summed E-state index contributed by atoms with van der Waals surface area (Å²) >= 11 is 6.07. The van der Waals surface area contributed by atoms with Gasteiger partial charge in [-0.25, -0.2) is 4.79 Å². The maximum Gasteiger partial charge on any atom is 0.326 e. The van der Waals surface area contributed by atoms with E-state index in [4.69, 9.17) is 11.6 Å². The van der Waals surface area contributed by atoms with Crippen LogP contribution < -0.4 is 10.2 Å². The van der Waals surface area contributed by atoms with Gasteiger partial charge in [-0.15, -0.1) is 0 Å². The molecule has 158 valence electrons. The summed E-state index contributed by atoms with van der Waals surface area (Å²) in [6, 6.07) is 19.0. The number of halogens is 1. The molecule has 0 aliphatic carbocycles. The van der Waals surface area contributed by atoms with Gasteiger partial charge in [-0.1, -0.05) is 41.9 Å². The topological polar surface area (TPSA) is 68.7 Å². The lowest BCUT2D eigenvalue weighted by Crippen LogP contribution is -2.69. The molecule has 6 nitrogen and oxygen atoms in total. The predicted octanol–water partition coefficient (Wildman–Crippen LogP) is 4.12. The van der Waals surface area contributed by atoms with E-state index in [0.717, 1.165) is 16.8 Å². The van der Waals surface area contributed by atoms with Gasteiger partial charge in [0.2, 0.25) is 0 Å². The molecule has 0 saturated carbocycles. The Bertz CT molecular complexity index is 1090. The highest BCUT2D eigenvalue weighted by molar-refractivity contribution is 6.30. The number of para-hydroxylation sites is 1. The average Bonchev–Trinajstić information content (AvgIpc) is 2.78. The number of likely N-dealkylation sites (tertiary alicyclic amines) is 1. The van der Waals surface area contributed by atoms with Crippen LogP contribution in [0.15, 0.2) is 73.1 Å². The van der Waals surface area contributed by atoms with E-state index >= 15 is 0 Å². The summed E-state index contributed by atoms with van der Waals surface area (Å²) in [7, 11) is 0. The lowest BCUT2D eigenvalue weighted by molar-refractivity contribution is -0.0484. The molecule has 0 radical (unpaired) electrons. The van der Waals surface area contributed by atoms with Crippen LogP contribution in [-0.2, 0) is 6.54 Å². The number of benzene rings is 2. The summed E-state index contributed by atoms with van der Waals surface area (Å²) in [4.78, 5) is 21.5. The van der Waals surface area contributed by atoms with Gasteiger partial charge in [-0.2, -0.15) is 0 Å². The first kappa shape index (κ1) is 20.0. The zero-order valence-corrected chi connectivity index (χ0v) is 17.6. The Hall–Kier alpha value is -2.93. The smallest absolute Gasteiger partial charge is 0.326 e. The minimum Gasteiger partial charge on any atom is -0.395 e. The summed E-state index contributed by atoms with van der Waals surface area (Å²) in [5, 5.41) is 13.7. The Balaban J connectivity index is 1.44. The van der Waals surface area contributed by atoms with E-state index in [1.54, 1.807) is 23.2 Å². The summed E-state index contributed by atoms with van der Waals surface area (Å²) in [5.41, 5.74) is 3.74. The van der Waals surface area contributed by atoms with Crippen molar-refractivity contribution in [2.24, 2.45) is 0 Å². The third kappa shape index (κ3) is 3.67. The van der Waals surface area contributed by atoms with E-state index < -0.39 is 0 Å². The van der Waals surface area contributed by atoms with Gasteiger partial charge in [-0.3, -0.25) is 14.8 Å². The monoisotopic (exact) mass is 434 g/mol. The highest BCUT2D eigenvalue weighted by Gasteiger charge is 2.53.